The lowest BCUT2D eigenvalue weighted by molar-refractivity contribution is -0.118. The lowest BCUT2D eigenvalue weighted by Gasteiger charge is -2.12. The Kier molecular flexibility index (Phi) is 8.51. The van der Waals surface area contributed by atoms with E-state index in [0.29, 0.717) is 26.9 Å². The molecule has 0 saturated heterocycles. The summed E-state index contributed by atoms with van der Waals surface area (Å²) < 4.78 is 6.74. The second-order valence-corrected chi connectivity index (χ2v) is 10.0. The van der Waals surface area contributed by atoms with Crippen LogP contribution in [0, 0.1) is 0 Å². The van der Waals surface area contributed by atoms with Gasteiger partial charge in [0.15, 0.2) is 5.75 Å². The molecule has 4 nitrogen and oxygen atoms in total. The Balaban J connectivity index is 1.34. The molecular weight excluding hydrogens is 555 g/mol. The summed E-state index contributed by atoms with van der Waals surface area (Å²) in [6, 6.07) is 25.2. The summed E-state index contributed by atoms with van der Waals surface area (Å²) in [6.07, 6.45) is 1.54. The van der Waals surface area contributed by atoms with Crippen LogP contribution < -0.4 is 10.2 Å². The van der Waals surface area contributed by atoms with Crippen molar-refractivity contribution in [3.05, 3.63) is 105 Å². The molecule has 0 saturated carbocycles. The highest BCUT2D eigenvalue weighted by Gasteiger charge is 2.10. The molecule has 0 atom stereocenters. The van der Waals surface area contributed by atoms with Gasteiger partial charge in [-0.25, -0.2) is 5.43 Å². The Morgan fingerprint density at radius 1 is 1.03 bits per heavy atom. The van der Waals surface area contributed by atoms with E-state index in [1.165, 1.54) is 18.0 Å². The van der Waals surface area contributed by atoms with Crippen LogP contribution >= 0.6 is 50.9 Å². The van der Waals surface area contributed by atoms with E-state index in [2.05, 4.69) is 44.7 Å². The van der Waals surface area contributed by atoms with Crippen molar-refractivity contribution < 1.29 is 9.53 Å². The highest BCUT2D eigenvalue weighted by atomic mass is 79.9. The van der Waals surface area contributed by atoms with Gasteiger partial charge < -0.3 is 4.74 Å². The minimum absolute atomic E-state index is 0.212. The molecule has 0 aliphatic rings. The first-order valence-corrected chi connectivity index (χ1v) is 12.8. The van der Waals surface area contributed by atoms with Gasteiger partial charge in [0.1, 0.15) is 6.61 Å². The molecule has 8 heteroatoms. The van der Waals surface area contributed by atoms with E-state index < -0.39 is 0 Å². The minimum atomic E-state index is -0.212. The van der Waals surface area contributed by atoms with E-state index in [9.17, 15) is 4.79 Å². The van der Waals surface area contributed by atoms with Crippen LogP contribution in [0.4, 0.5) is 0 Å². The highest BCUT2D eigenvalue weighted by molar-refractivity contribution is 9.10. The maximum atomic E-state index is 12.0. The number of nitrogens with one attached hydrogen (secondary N) is 1. The summed E-state index contributed by atoms with van der Waals surface area (Å²) in [5.41, 5.74) is 4.32. The number of carbonyl (C=O) groups is 1. The van der Waals surface area contributed by atoms with Gasteiger partial charge in [0.25, 0.3) is 0 Å². The van der Waals surface area contributed by atoms with Gasteiger partial charge in [-0.2, -0.15) is 5.10 Å². The summed E-state index contributed by atoms with van der Waals surface area (Å²) >= 11 is 17.3. The van der Waals surface area contributed by atoms with Crippen molar-refractivity contribution in [3.63, 3.8) is 0 Å². The van der Waals surface area contributed by atoms with E-state index >= 15 is 0 Å². The molecule has 4 rings (SSSR count). The van der Waals surface area contributed by atoms with Gasteiger partial charge in [0.05, 0.1) is 21.5 Å². The average molecular weight is 574 g/mol. The summed E-state index contributed by atoms with van der Waals surface area (Å²) in [7, 11) is 0. The summed E-state index contributed by atoms with van der Waals surface area (Å²) in [5.74, 6) is 0.580. The predicted octanol–water partition coefficient (Wildman–Crippen LogP) is 7.73. The standard InChI is InChI=1S/C26H19BrCl2N2O2S/c27-23-12-17(14-30-31-25(32)16-34-21-10-8-20(28)9-11-21)13-24(29)26(23)33-15-19-6-3-5-18-4-1-2-7-22(18)19/h1-14H,15-16H2,(H,31,32)/b30-14-. The first kappa shape index (κ1) is 24.6. The van der Waals surface area contributed by atoms with Crippen molar-refractivity contribution in [3.8, 4) is 5.75 Å². The highest BCUT2D eigenvalue weighted by Crippen LogP contribution is 2.35. The third-order valence-corrected chi connectivity index (χ3v) is 6.99. The van der Waals surface area contributed by atoms with Gasteiger partial charge in [0, 0.05) is 9.92 Å². The molecule has 0 aliphatic carbocycles. The first-order chi connectivity index (χ1) is 16.5. The van der Waals surface area contributed by atoms with Crippen molar-refractivity contribution in [2.75, 3.05) is 5.75 Å². The zero-order chi connectivity index (χ0) is 23.9. The quantitative estimate of drug-likeness (QED) is 0.133. The minimum Gasteiger partial charge on any atom is -0.486 e. The zero-order valence-corrected chi connectivity index (χ0v) is 21.7. The van der Waals surface area contributed by atoms with Gasteiger partial charge in [-0.05, 0) is 74.2 Å². The molecule has 0 radical (unpaired) electrons. The van der Waals surface area contributed by atoms with Crippen LogP contribution in [0.3, 0.4) is 0 Å². The van der Waals surface area contributed by atoms with Gasteiger partial charge >= 0.3 is 0 Å². The monoisotopic (exact) mass is 572 g/mol. The van der Waals surface area contributed by atoms with Crippen LogP contribution in [-0.4, -0.2) is 17.9 Å². The number of ether oxygens (including phenoxy) is 1. The van der Waals surface area contributed by atoms with Crippen molar-refractivity contribution in [1.82, 2.24) is 5.43 Å². The van der Waals surface area contributed by atoms with E-state index in [4.69, 9.17) is 27.9 Å². The lowest BCUT2D eigenvalue weighted by Crippen LogP contribution is -2.19. The van der Waals surface area contributed by atoms with E-state index in [-0.39, 0.29) is 11.7 Å². The van der Waals surface area contributed by atoms with E-state index in [1.54, 1.807) is 18.2 Å². The molecule has 0 heterocycles. The lowest BCUT2D eigenvalue weighted by atomic mass is 10.1. The molecule has 0 bridgehead atoms. The molecule has 1 amide bonds. The molecule has 4 aromatic carbocycles. The maximum absolute atomic E-state index is 12.0. The molecule has 1 N–H and O–H groups in total. The summed E-state index contributed by atoms with van der Waals surface area (Å²) in [5, 5.41) is 7.44. The number of halogens is 3. The van der Waals surface area contributed by atoms with Crippen molar-refractivity contribution >= 4 is 73.8 Å². The third kappa shape index (κ3) is 6.54. The van der Waals surface area contributed by atoms with Crippen LogP contribution in [0.5, 0.6) is 5.75 Å². The number of hydrazone groups is 1. The fourth-order valence-electron chi connectivity index (χ4n) is 3.25. The molecule has 0 aromatic heterocycles. The largest absolute Gasteiger partial charge is 0.486 e. The Labute approximate surface area is 220 Å². The topological polar surface area (TPSA) is 50.7 Å². The second-order valence-electron chi connectivity index (χ2n) is 7.28. The molecule has 4 aromatic rings. The predicted molar refractivity (Wildman–Crippen MR) is 145 cm³/mol. The maximum Gasteiger partial charge on any atom is 0.250 e. The van der Waals surface area contributed by atoms with Crippen molar-refractivity contribution in [1.29, 1.82) is 0 Å². The number of hydrogen-bond acceptors (Lipinski definition) is 4. The summed E-state index contributed by atoms with van der Waals surface area (Å²) in [6.45, 7) is 0.383. The van der Waals surface area contributed by atoms with Crippen LogP contribution in [-0.2, 0) is 11.4 Å². The number of carbonyl (C=O) groups excluding carboxylic acids is 1. The van der Waals surface area contributed by atoms with Gasteiger partial charge in [0.2, 0.25) is 5.91 Å². The first-order valence-electron chi connectivity index (χ1n) is 10.3. The third-order valence-electron chi connectivity index (χ3n) is 4.86. The number of nitrogens with zero attached hydrogens (tertiary/aromatic N) is 1. The van der Waals surface area contributed by atoms with Crippen molar-refractivity contribution in [2.45, 2.75) is 11.5 Å². The Hall–Kier alpha value is -2.51. The fourth-order valence-corrected chi connectivity index (χ4v) is 5.06. The Morgan fingerprint density at radius 2 is 1.79 bits per heavy atom. The zero-order valence-electron chi connectivity index (χ0n) is 17.8. The van der Waals surface area contributed by atoms with Crippen LogP contribution in [0.15, 0.2) is 93.3 Å². The van der Waals surface area contributed by atoms with Gasteiger partial charge in [-0.1, -0.05) is 65.7 Å². The van der Waals surface area contributed by atoms with Crippen LogP contribution in [0.1, 0.15) is 11.1 Å². The number of thioether (sulfide) groups is 1. The normalized spacial score (nSPS) is 11.1. The molecular formula is C26H19BrCl2N2O2S. The Bertz CT molecular complexity index is 1320. The molecule has 0 fully saturated rings. The molecule has 34 heavy (non-hydrogen) atoms. The van der Waals surface area contributed by atoms with E-state index in [0.717, 1.165) is 26.8 Å². The molecule has 0 unspecified atom stereocenters. The average Bonchev–Trinajstić information content (AvgIpc) is 2.83. The fraction of sp³-hybridized carbons (Fsp3) is 0.0769. The van der Waals surface area contributed by atoms with Gasteiger partial charge in [-0.15, -0.1) is 11.8 Å². The number of hydrogen-bond donors (Lipinski definition) is 1. The summed E-state index contributed by atoms with van der Waals surface area (Å²) in [4.78, 5) is 13.0. The number of fused-ring (bicyclic) bond motifs is 1. The van der Waals surface area contributed by atoms with Gasteiger partial charge in [-0.3, -0.25) is 4.79 Å². The SMILES string of the molecule is O=C(CSc1ccc(Cl)cc1)N/N=C\c1cc(Cl)c(OCc2cccc3ccccc23)c(Br)c1. The Morgan fingerprint density at radius 3 is 2.59 bits per heavy atom. The smallest absolute Gasteiger partial charge is 0.250 e. The van der Waals surface area contributed by atoms with E-state index in [1.807, 2.05) is 42.5 Å². The van der Waals surface area contributed by atoms with Crippen molar-refractivity contribution in [2.24, 2.45) is 5.10 Å². The molecule has 0 spiro atoms. The van der Waals surface area contributed by atoms with Crippen LogP contribution in [0.25, 0.3) is 10.8 Å². The second kappa shape index (κ2) is 11.8. The number of rotatable bonds is 8. The molecule has 0 aliphatic heterocycles. The number of amides is 1. The number of benzene rings is 4. The molecule has 172 valence electrons. The van der Waals surface area contributed by atoms with Crippen LogP contribution in [0.2, 0.25) is 10.0 Å².